The van der Waals surface area contributed by atoms with Crippen molar-refractivity contribution in [2.24, 2.45) is 0 Å². The second-order valence-corrected chi connectivity index (χ2v) is 4.79. The SMILES string of the molecule is CC(=O)OC/C=C/CCCCCOC1CCCCO1. The summed E-state index contributed by atoms with van der Waals surface area (Å²) in [6, 6.07) is 0. The van der Waals surface area contributed by atoms with Crippen molar-refractivity contribution in [1.82, 2.24) is 0 Å². The van der Waals surface area contributed by atoms with Crippen LogP contribution < -0.4 is 0 Å². The Morgan fingerprint density at radius 1 is 1.26 bits per heavy atom. The maximum Gasteiger partial charge on any atom is 0.302 e. The van der Waals surface area contributed by atoms with Crippen LogP contribution in [0, 0.1) is 0 Å². The minimum absolute atomic E-state index is 0.0392. The highest BCUT2D eigenvalue weighted by Crippen LogP contribution is 2.14. The molecule has 0 aromatic carbocycles. The van der Waals surface area contributed by atoms with E-state index < -0.39 is 0 Å². The first kappa shape index (κ1) is 16.2. The van der Waals surface area contributed by atoms with Crippen LogP contribution in [0.15, 0.2) is 12.2 Å². The van der Waals surface area contributed by atoms with Gasteiger partial charge in [-0.3, -0.25) is 4.79 Å². The van der Waals surface area contributed by atoms with Gasteiger partial charge in [-0.15, -0.1) is 0 Å². The van der Waals surface area contributed by atoms with Gasteiger partial charge in [-0.25, -0.2) is 0 Å². The molecule has 1 heterocycles. The lowest BCUT2D eigenvalue weighted by Gasteiger charge is -2.22. The Bertz CT molecular complexity index is 257. The molecule has 0 N–H and O–H groups in total. The van der Waals surface area contributed by atoms with Gasteiger partial charge in [0.1, 0.15) is 6.61 Å². The fourth-order valence-corrected chi connectivity index (χ4v) is 1.95. The third kappa shape index (κ3) is 9.68. The van der Waals surface area contributed by atoms with E-state index in [2.05, 4.69) is 6.08 Å². The van der Waals surface area contributed by atoms with Gasteiger partial charge in [0.15, 0.2) is 6.29 Å². The van der Waals surface area contributed by atoms with Crippen molar-refractivity contribution in [1.29, 1.82) is 0 Å². The Hall–Kier alpha value is -0.870. The zero-order chi connectivity index (χ0) is 13.8. The molecule has 0 aromatic rings. The molecular formula is C15H26O4. The molecule has 0 saturated carbocycles. The van der Waals surface area contributed by atoms with E-state index in [9.17, 15) is 4.79 Å². The summed E-state index contributed by atoms with van der Waals surface area (Å²) < 4.78 is 15.9. The van der Waals surface area contributed by atoms with Crippen LogP contribution in [0.3, 0.4) is 0 Å². The Morgan fingerprint density at radius 2 is 2.16 bits per heavy atom. The van der Waals surface area contributed by atoms with E-state index in [-0.39, 0.29) is 12.3 Å². The normalized spacial score (nSPS) is 19.7. The lowest BCUT2D eigenvalue weighted by atomic mass is 10.2. The van der Waals surface area contributed by atoms with Gasteiger partial charge in [0.2, 0.25) is 0 Å². The summed E-state index contributed by atoms with van der Waals surface area (Å²) in [7, 11) is 0. The molecule has 4 heteroatoms. The number of unbranched alkanes of at least 4 members (excludes halogenated alkanes) is 3. The van der Waals surface area contributed by atoms with Crippen LogP contribution in [-0.4, -0.2) is 32.1 Å². The predicted octanol–water partition coefficient (Wildman–Crippen LogP) is 3.21. The molecule has 1 aliphatic heterocycles. The van der Waals surface area contributed by atoms with Crippen molar-refractivity contribution in [3.63, 3.8) is 0 Å². The van der Waals surface area contributed by atoms with Gasteiger partial charge in [-0.1, -0.05) is 18.6 Å². The molecule has 4 nitrogen and oxygen atoms in total. The van der Waals surface area contributed by atoms with Crippen LogP contribution in [0.25, 0.3) is 0 Å². The molecule has 1 saturated heterocycles. The van der Waals surface area contributed by atoms with Crippen LogP contribution in [0.5, 0.6) is 0 Å². The van der Waals surface area contributed by atoms with Crippen molar-refractivity contribution in [2.75, 3.05) is 19.8 Å². The second kappa shape index (κ2) is 11.0. The lowest BCUT2D eigenvalue weighted by Crippen LogP contribution is -2.22. The standard InChI is InChI=1S/C15H26O4/c1-14(16)17-11-7-4-2-3-5-8-12-18-15-10-6-9-13-19-15/h4,7,15H,2-3,5-6,8-13H2,1H3/b7-4+. The number of hydrogen-bond donors (Lipinski definition) is 0. The smallest absolute Gasteiger partial charge is 0.302 e. The molecule has 0 bridgehead atoms. The van der Waals surface area contributed by atoms with Crippen LogP contribution in [0.4, 0.5) is 0 Å². The topological polar surface area (TPSA) is 44.8 Å². The van der Waals surface area contributed by atoms with E-state index in [0.717, 1.165) is 45.3 Å². The number of carbonyl (C=O) groups is 1. The summed E-state index contributed by atoms with van der Waals surface area (Å²) in [5, 5.41) is 0. The largest absolute Gasteiger partial charge is 0.462 e. The maximum atomic E-state index is 10.5. The molecule has 0 radical (unpaired) electrons. The monoisotopic (exact) mass is 270 g/mol. The van der Waals surface area contributed by atoms with Crippen molar-refractivity contribution in [3.8, 4) is 0 Å². The summed E-state index contributed by atoms with van der Waals surface area (Å²) in [4.78, 5) is 10.5. The number of rotatable bonds is 9. The predicted molar refractivity (Wildman–Crippen MR) is 73.8 cm³/mol. The minimum atomic E-state index is -0.230. The molecule has 0 aliphatic carbocycles. The van der Waals surface area contributed by atoms with Gasteiger partial charge in [0, 0.05) is 20.1 Å². The van der Waals surface area contributed by atoms with E-state index in [0.29, 0.717) is 6.61 Å². The van der Waals surface area contributed by atoms with E-state index in [1.54, 1.807) is 0 Å². The van der Waals surface area contributed by atoms with E-state index in [1.165, 1.54) is 19.8 Å². The maximum absolute atomic E-state index is 10.5. The van der Waals surface area contributed by atoms with Crippen LogP contribution in [0.2, 0.25) is 0 Å². The van der Waals surface area contributed by atoms with Crippen molar-refractivity contribution in [2.45, 2.75) is 58.2 Å². The Labute approximate surface area is 116 Å². The summed E-state index contributed by atoms with van der Waals surface area (Å²) >= 11 is 0. The molecule has 110 valence electrons. The van der Waals surface area contributed by atoms with E-state index >= 15 is 0 Å². The van der Waals surface area contributed by atoms with Crippen LogP contribution >= 0.6 is 0 Å². The van der Waals surface area contributed by atoms with Gasteiger partial charge in [0.25, 0.3) is 0 Å². The number of esters is 1. The highest BCUT2D eigenvalue weighted by Gasteiger charge is 2.12. The highest BCUT2D eigenvalue weighted by molar-refractivity contribution is 5.65. The molecule has 1 aliphatic rings. The van der Waals surface area contributed by atoms with Crippen LogP contribution in [0.1, 0.15) is 51.9 Å². The fourth-order valence-electron chi connectivity index (χ4n) is 1.95. The van der Waals surface area contributed by atoms with Crippen LogP contribution in [-0.2, 0) is 19.0 Å². The molecular weight excluding hydrogens is 244 g/mol. The highest BCUT2D eigenvalue weighted by atomic mass is 16.7. The lowest BCUT2D eigenvalue weighted by molar-refractivity contribution is -0.162. The van der Waals surface area contributed by atoms with E-state index in [4.69, 9.17) is 14.2 Å². The fraction of sp³-hybridized carbons (Fsp3) is 0.800. The summed E-state index contributed by atoms with van der Waals surface area (Å²) in [5.41, 5.74) is 0. The molecule has 0 spiro atoms. The first-order chi connectivity index (χ1) is 9.29. The molecule has 0 amide bonds. The molecule has 1 fully saturated rings. The zero-order valence-corrected chi connectivity index (χ0v) is 11.9. The summed E-state index contributed by atoms with van der Waals surface area (Å²) in [6.07, 6.45) is 11.8. The molecule has 1 atom stereocenters. The first-order valence-corrected chi connectivity index (χ1v) is 7.30. The molecule has 0 aromatic heterocycles. The van der Waals surface area contributed by atoms with E-state index in [1.807, 2.05) is 6.08 Å². The molecule has 1 unspecified atom stereocenters. The van der Waals surface area contributed by atoms with Crippen molar-refractivity contribution < 1.29 is 19.0 Å². The van der Waals surface area contributed by atoms with Gasteiger partial charge in [0.05, 0.1) is 0 Å². The second-order valence-electron chi connectivity index (χ2n) is 4.79. The zero-order valence-electron chi connectivity index (χ0n) is 11.9. The van der Waals surface area contributed by atoms with Gasteiger partial charge >= 0.3 is 5.97 Å². The Morgan fingerprint density at radius 3 is 2.89 bits per heavy atom. The van der Waals surface area contributed by atoms with Gasteiger partial charge in [-0.2, -0.15) is 0 Å². The van der Waals surface area contributed by atoms with Gasteiger partial charge < -0.3 is 14.2 Å². The average molecular weight is 270 g/mol. The number of carbonyl (C=O) groups excluding carboxylic acids is 1. The minimum Gasteiger partial charge on any atom is -0.462 e. The average Bonchev–Trinajstić information content (AvgIpc) is 2.42. The Balaban J connectivity index is 1.81. The third-order valence-corrected chi connectivity index (χ3v) is 3.01. The molecule has 1 rings (SSSR count). The quantitative estimate of drug-likeness (QED) is 0.366. The summed E-state index contributed by atoms with van der Waals surface area (Å²) in [6.45, 7) is 3.45. The van der Waals surface area contributed by atoms with Gasteiger partial charge in [-0.05, 0) is 38.5 Å². The van der Waals surface area contributed by atoms with Crippen molar-refractivity contribution >= 4 is 5.97 Å². The summed E-state index contributed by atoms with van der Waals surface area (Å²) in [5.74, 6) is -0.230. The Kier molecular flexibility index (Phi) is 9.37. The number of allylic oxidation sites excluding steroid dienone is 1. The third-order valence-electron chi connectivity index (χ3n) is 3.01. The number of ether oxygens (including phenoxy) is 3. The first-order valence-electron chi connectivity index (χ1n) is 7.30. The van der Waals surface area contributed by atoms with Crippen molar-refractivity contribution in [3.05, 3.63) is 12.2 Å². The molecule has 19 heavy (non-hydrogen) atoms. The number of hydrogen-bond acceptors (Lipinski definition) is 4.